The van der Waals surface area contributed by atoms with E-state index in [0.717, 1.165) is 19.3 Å². The predicted octanol–water partition coefficient (Wildman–Crippen LogP) is 2.42. The summed E-state index contributed by atoms with van der Waals surface area (Å²) >= 11 is 0. The Morgan fingerprint density at radius 1 is 1.64 bits per heavy atom. The second-order valence-electron chi connectivity index (χ2n) is 3.40. The molecule has 0 fully saturated rings. The maximum absolute atomic E-state index is 9.91. The van der Waals surface area contributed by atoms with Gasteiger partial charge in [-0.3, -0.25) is 0 Å². The van der Waals surface area contributed by atoms with Crippen LogP contribution in [0.3, 0.4) is 0 Å². The number of rotatable bonds is 2. The molecule has 1 rings (SSSR count). The monoisotopic (exact) mass is 152 g/mol. The molecule has 1 atom stereocenters. The first-order valence-corrected chi connectivity index (χ1v) is 4.24. The topological polar surface area (TPSA) is 20.2 Å². The molecule has 0 radical (unpaired) electrons. The molecule has 0 bridgehead atoms. The van der Waals surface area contributed by atoms with E-state index >= 15 is 0 Å². The van der Waals surface area contributed by atoms with Crippen LogP contribution in [-0.4, -0.2) is 10.7 Å². The molecule has 0 heterocycles. The zero-order valence-corrected chi connectivity index (χ0v) is 7.30. The molecule has 1 aliphatic carbocycles. The maximum Gasteiger partial charge on any atom is 0.0867 e. The molecular weight excluding hydrogens is 136 g/mol. The van der Waals surface area contributed by atoms with Gasteiger partial charge in [-0.2, -0.15) is 0 Å². The second kappa shape index (κ2) is 3.22. The van der Waals surface area contributed by atoms with Gasteiger partial charge in [0.05, 0.1) is 5.60 Å². The molecule has 0 saturated heterocycles. The Labute approximate surface area is 68.4 Å². The lowest BCUT2D eigenvalue weighted by molar-refractivity contribution is 0.0797. The van der Waals surface area contributed by atoms with Crippen LogP contribution in [0.15, 0.2) is 23.8 Å². The molecule has 1 nitrogen and oxygen atoms in total. The number of aliphatic hydroxyl groups is 1. The molecule has 1 heteroatoms. The van der Waals surface area contributed by atoms with Crippen molar-refractivity contribution in [3.05, 3.63) is 23.8 Å². The highest BCUT2D eigenvalue weighted by atomic mass is 16.3. The Kier molecular flexibility index (Phi) is 2.50. The van der Waals surface area contributed by atoms with Crippen LogP contribution < -0.4 is 0 Å². The summed E-state index contributed by atoms with van der Waals surface area (Å²) in [5.41, 5.74) is 0.719. The van der Waals surface area contributed by atoms with Crippen molar-refractivity contribution in [2.45, 2.75) is 38.7 Å². The number of hydrogen-bond donors (Lipinski definition) is 1. The summed E-state index contributed by atoms with van der Waals surface area (Å²) in [6.07, 6.45) is 8.63. The summed E-state index contributed by atoms with van der Waals surface area (Å²) in [6, 6.07) is 0. The molecule has 11 heavy (non-hydrogen) atoms. The van der Waals surface area contributed by atoms with Crippen molar-refractivity contribution in [1.82, 2.24) is 0 Å². The molecular formula is C10H16O. The van der Waals surface area contributed by atoms with Crippen molar-refractivity contribution in [2.75, 3.05) is 0 Å². The van der Waals surface area contributed by atoms with Crippen LogP contribution in [0.2, 0.25) is 0 Å². The van der Waals surface area contributed by atoms with E-state index < -0.39 is 5.60 Å². The average molecular weight is 152 g/mol. The molecule has 62 valence electrons. The summed E-state index contributed by atoms with van der Waals surface area (Å²) in [6.45, 7) is 4.16. The standard InChI is InChI=1S/C10H16O/c1-3-6-10(11)7-4-5-9(2)8-10/h4-5,7,11H,3,6,8H2,1-2H3. The summed E-state index contributed by atoms with van der Waals surface area (Å²) in [5.74, 6) is 0. The van der Waals surface area contributed by atoms with Crippen LogP contribution in [-0.2, 0) is 0 Å². The third-order valence-corrected chi connectivity index (χ3v) is 2.06. The molecule has 1 unspecified atom stereocenters. The molecule has 1 N–H and O–H groups in total. The van der Waals surface area contributed by atoms with Crippen molar-refractivity contribution < 1.29 is 5.11 Å². The van der Waals surface area contributed by atoms with Gasteiger partial charge >= 0.3 is 0 Å². The van der Waals surface area contributed by atoms with Crippen molar-refractivity contribution in [2.24, 2.45) is 0 Å². The lowest BCUT2D eigenvalue weighted by atomic mass is 9.87. The minimum absolute atomic E-state index is 0.548. The fourth-order valence-electron chi connectivity index (χ4n) is 1.60. The number of allylic oxidation sites excluding steroid dienone is 2. The van der Waals surface area contributed by atoms with Crippen LogP contribution in [0.25, 0.3) is 0 Å². The summed E-state index contributed by atoms with van der Waals surface area (Å²) in [5, 5.41) is 9.91. The normalized spacial score (nSPS) is 30.3. The van der Waals surface area contributed by atoms with Crippen LogP contribution >= 0.6 is 0 Å². The Morgan fingerprint density at radius 2 is 2.36 bits per heavy atom. The first-order chi connectivity index (χ1) is 5.16. The Morgan fingerprint density at radius 3 is 2.91 bits per heavy atom. The Hall–Kier alpha value is -0.560. The third-order valence-electron chi connectivity index (χ3n) is 2.06. The molecule has 0 aromatic heterocycles. The zero-order chi connectivity index (χ0) is 8.32. The first kappa shape index (κ1) is 8.54. The average Bonchev–Trinajstić information content (AvgIpc) is 1.86. The highest BCUT2D eigenvalue weighted by Crippen LogP contribution is 2.26. The van der Waals surface area contributed by atoms with Crippen LogP contribution in [0.5, 0.6) is 0 Å². The van der Waals surface area contributed by atoms with Crippen LogP contribution in [0.1, 0.15) is 33.1 Å². The van der Waals surface area contributed by atoms with E-state index in [0.29, 0.717) is 0 Å². The number of hydrogen-bond acceptors (Lipinski definition) is 1. The fourth-order valence-corrected chi connectivity index (χ4v) is 1.60. The SMILES string of the molecule is CCCC1(O)C=CC=C(C)C1. The van der Waals surface area contributed by atoms with Crippen LogP contribution in [0, 0.1) is 0 Å². The molecule has 0 saturated carbocycles. The first-order valence-electron chi connectivity index (χ1n) is 4.24. The second-order valence-corrected chi connectivity index (χ2v) is 3.40. The van der Waals surface area contributed by atoms with Gasteiger partial charge in [0.1, 0.15) is 0 Å². The van der Waals surface area contributed by atoms with E-state index in [9.17, 15) is 5.11 Å². The van der Waals surface area contributed by atoms with Gasteiger partial charge in [-0.05, 0) is 13.3 Å². The third kappa shape index (κ3) is 2.19. The van der Waals surface area contributed by atoms with Gasteiger partial charge in [0.15, 0.2) is 0 Å². The van der Waals surface area contributed by atoms with Crippen molar-refractivity contribution in [3.63, 3.8) is 0 Å². The van der Waals surface area contributed by atoms with Crippen molar-refractivity contribution in [1.29, 1.82) is 0 Å². The fraction of sp³-hybridized carbons (Fsp3) is 0.600. The van der Waals surface area contributed by atoms with E-state index in [1.807, 2.05) is 12.2 Å². The lowest BCUT2D eigenvalue weighted by Crippen LogP contribution is -2.27. The minimum Gasteiger partial charge on any atom is -0.385 e. The van der Waals surface area contributed by atoms with E-state index in [2.05, 4.69) is 19.9 Å². The zero-order valence-electron chi connectivity index (χ0n) is 7.30. The van der Waals surface area contributed by atoms with E-state index in [1.54, 1.807) is 0 Å². The Bertz CT molecular complexity index is 191. The van der Waals surface area contributed by atoms with Crippen LogP contribution in [0.4, 0.5) is 0 Å². The predicted molar refractivity (Wildman–Crippen MR) is 47.4 cm³/mol. The summed E-state index contributed by atoms with van der Waals surface area (Å²) in [4.78, 5) is 0. The van der Waals surface area contributed by atoms with Gasteiger partial charge in [-0.1, -0.05) is 37.1 Å². The van der Waals surface area contributed by atoms with E-state index in [-0.39, 0.29) is 0 Å². The quantitative estimate of drug-likeness (QED) is 0.644. The molecule has 0 amide bonds. The molecule has 0 spiro atoms. The van der Waals surface area contributed by atoms with Gasteiger partial charge in [0.2, 0.25) is 0 Å². The maximum atomic E-state index is 9.91. The molecule has 0 aromatic rings. The van der Waals surface area contributed by atoms with Gasteiger partial charge in [0.25, 0.3) is 0 Å². The summed E-state index contributed by atoms with van der Waals surface area (Å²) < 4.78 is 0. The highest BCUT2D eigenvalue weighted by Gasteiger charge is 2.23. The van der Waals surface area contributed by atoms with Gasteiger partial charge in [0, 0.05) is 6.42 Å². The van der Waals surface area contributed by atoms with Gasteiger partial charge < -0.3 is 5.11 Å². The minimum atomic E-state index is -0.548. The Balaban J connectivity index is 2.62. The van der Waals surface area contributed by atoms with Gasteiger partial charge in [-0.15, -0.1) is 0 Å². The summed E-state index contributed by atoms with van der Waals surface area (Å²) in [7, 11) is 0. The lowest BCUT2D eigenvalue weighted by Gasteiger charge is -2.26. The van der Waals surface area contributed by atoms with Gasteiger partial charge in [-0.25, -0.2) is 0 Å². The molecule has 0 aromatic carbocycles. The smallest absolute Gasteiger partial charge is 0.0867 e. The van der Waals surface area contributed by atoms with E-state index in [4.69, 9.17) is 0 Å². The molecule has 0 aliphatic heterocycles. The van der Waals surface area contributed by atoms with E-state index in [1.165, 1.54) is 5.57 Å². The largest absolute Gasteiger partial charge is 0.385 e. The van der Waals surface area contributed by atoms with Crippen molar-refractivity contribution >= 4 is 0 Å². The van der Waals surface area contributed by atoms with Crippen molar-refractivity contribution in [3.8, 4) is 0 Å². The molecule has 1 aliphatic rings. The highest BCUT2D eigenvalue weighted by molar-refractivity contribution is 5.23.